The monoisotopic (exact) mass is 719 g/mol. The lowest BCUT2D eigenvalue weighted by atomic mass is 9.99. The van der Waals surface area contributed by atoms with Crippen molar-refractivity contribution in [2.45, 2.75) is 0 Å². The number of nitrogens with zero attached hydrogens (tertiary/aromatic N) is 3. The molecule has 0 amide bonds. The largest absolute Gasteiger partial charge is 0.456 e. The van der Waals surface area contributed by atoms with Crippen LogP contribution in [0.5, 0.6) is 0 Å². The molecule has 0 saturated carbocycles. The summed E-state index contributed by atoms with van der Waals surface area (Å²) in [7, 11) is 0. The van der Waals surface area contributed by atoms with Crippen molar-refractivity contribution in [3.8, 4) is 56.4 Å². The van der Waals surface area contributed by atoms with Gasteiger partial charge >= 0.3 is 0 Å². The van der Waals surface area contributed by atoms with E-state index in [-0.39, 0.29) is 0 Å². The molecule has 6 heteroatoms. The van der Waals surface area contributed by atoms with Gasteiger partial charge in [-0.3, -0.25) is 0 Å². The highest BCUT2D eigenvalue weighted by molar-refractivity contribution is 9.10. The number of rotatable bonds is 5. The van der Waals surface area contributed by atoms with Gasteiger partial charge in [0, 0.05) is 37.1 Å². The Balaban J connectivity index is 1.12. The molecule has 0 spiro atoms. The van der Waals surface area contributed by atoms with E-state index in [2.05, 4.69) is 113 Å². The van der Waals surface area contributed by atoms with Gasteiger partial charge in [-0.1, -0.05) is 137 Å². The van der Waals surface area contributed by atoms with Gasteiger partial charge in [-0.25, -0.2) is 15.0 Å². The molecule has 3 aromatic heterocycles. The van der Waals surface area contributed by atoms with E-state index in [0.717, 1.165) is 76.2 Å². The molecule has 0 radical (unpaired) electrons. The van der Waals surface area contributed by atoms with Gasteiger partial charge < -0.3 is 8.83 Å². The number of halogens is 1. The Morgan fingerprint density at radius 2 is 0.824 bits per heavy atom. The molecule has 0 bridgehead atoms. The van der Waals surface area contributed by atoms with Crippen LogP contribution in [0.25, 0.3) is 100 Å². The van der Waals surface area contributed by atoms with Crippen LogP contribution in [0.3, 0.4) is 0 Å². The van der Waals surface area contributed by atoms with E-state index in [0.29, 0.717) is 17.5 Å². The Kier molecular flexibility index (Phi) is 6.89. The first-order chi connectivity index (χ1) is 25.2. The summed E-state index contributed by atoms with van der Waals surface area (Å²) in [5.41, 5.74) is 10.3. The molecule has 0 aliphatic heterocycles. The second-order valence-electron chi connectivity index (χ2n) is 12.5. The van der Waals surface area contributed by atoms with Crippen molar-refractivity contribution in [1.82, 2.24) is 15.0 Å². The van der Waals surface area contributed by atoms with E-state index in [9.17, 15) is 0 Å². The fourth-order valence-electron chi connectivity index (χ4n) is 6.94. The molecule has 10 rings (SSSR count). The van der Waals surface area contributed by atoms with Gasteiger partial charge in [-0.05, 0) is 58.7 Å². The minimum absolute atomic E-state index is 0.539. The van der Waals surface area contributed by atoms with Gasteiger partial charge in [0.1, 0.15) is 22.3 Å². The van der Waals surface area contributed by atoms with Crippen molar-refractivity contribution < 1.29 is 8.83 Å². The minimum atomic E-state index is 0.539. The lowest BCUT2D eigenvalue weighted by Crippen LogP contribution is -2.00. The summed E-state index contributed by atoms with van der Waals surface area (Å²) in [5.74, 6) is 1.68. The minimum Gasteiger partial charge on any atom is -0.456 e. The highest BCUT2D eigenvalue weighted by Crippen LogP contribution is 2.39. The van der Waals surface area contributed by atoms with Crippen LogP contribution < -0.4 is 0 Å². The average molecular weight is 721 g/mol. The number of fused-ring (bicyclic) bond motifs is 6. The van der Waals surface area contributed by atoms with E-state index < -0.39 is 0 Å². The summed E-state index contributed by atoms with van der Waals surface area (Å²) in [4.78, 5) is 15.3. The molecule has 0 fully saturated rings. The van der Waals surface area contributed by atoms with Gasteiger partial charge in [-0.15, -0.1) is 0 Å². The first kappa shape index (κ1) is 29.5. The summed E-state index contributed by atoms with van der Waals surface area (Å²) in [6.45, 7) is 0. The highest BCUT2D eigenvalue weighted by atomic mass is 79.9. The molecule has 0 unspecified atom stereocenters. The Morgan fingerprint density at radius 3 is 1.51 bits per heavy atom. The molecular formula is C45H26BrN3O2. The number of aromatic nitrogens is 3. The number of furan rings is 2. The van der Waals surface area contributed by atoms with Crippen molar-refractivity contribution >= 4 is 59.8 Å². The average Bonchev–Trinajstić information content (AvgIpc) is 3.77. The Morgan fingerprint density at radius 1 is 0.353 bits per heavy atom. The molecular weight excluding hydrogens is 694 g/mol. The Bertz CT molecular complexity index is 2910. The SMILES string of the molecule is Brc1ccc(-c2ccc(-c3ccc(-c4nc(-c5cccc6c5oc5ccccc56)nc(-c5cccc6oc7ccccc7c56)n4)cc3)cc2)cc1. The van der Waals surface area contributed by atoms with E-state index in [1.807, 2.05) is 60.7 Å². The van der Waals surface area contributed by atoms with Gasteiger partial charge in [-0.2, -0.15) is 0 Å². The number of para-hydroxylation sites is 3. The summed E-state index contributed by atoms with van der Waals surface area (Å²) >= 11 is 3.53. The second-order valence-corrected chi connectivity index (χ2v) is 13.4. The predicted molar refractivity (Wildman–Crippen MR) is 209 cm³/mol. The maximum Gasteiger partial charge on any atom is 0.167 e. The highest BCUT2D eigenvalue weighted by Gasteiger charge is 2.20. The summed E-state index contributed by atoms with van der Waals surface area (Å²) in [6.07, 6.45) is 0. The van der Waals surface area contributed by atoms with Crippen molar-refractivity contribution in [3.05, 3.63) is 162 Å². The van der Waals surface area contributed by atoms with Gasteiger partial charge in [0.15, 0.2) is 17.5 Å². The third kappa shape index (κ3) is 5.11. The van der Waals surface area contributed by atoms with Crippen LogP contribution in [0.15, 0.2) is 171 Å². The van der Waals surface area contributed by atoms with Gasteiger partial charge in [0.25, 0.3) is 0 Å². The molecule has 0 atom stereocenters. The standard InChI is InChI=1S/C45H26BrN3O2/c46-32-25-23-30(24-26-32)28-17-15-27(16-18-28)29-19-21-31(22-20-29)43-47-44(36-10-6-14-40-41(36)35-8-2-4-13-39(35)50-40)49-45(48-43)37-11-5-9-34-33-7-1-3-12-38(33)51-42(34)37/h1-26H. The molecule has 0 saturated heterocycles. The second kappa shape index (κ2) is 11.9. The van der Waals surface area contributed by atoms with E-state index in [4.69, 9.17) is 23.8 Å². The number of hydrogen-bond acceptors (Lipinski definition) is 5. The Hall–Kier alpha value is -6.37. The predicted octanol–water partition coefficient (Wildman–Crippen LogP) is 12.8. The third-order valence-corrected chi connectivity index (χ3v) is 9.99. The third-order valence-electron chi connectivity index (χ3n) is 9.46. The van der Waals surface area contributed by atoms with Crippen molar-refractivity contribution in [2.24, 2.45) is 0 Å². The molecule has 3 heterocycles. The zero-order valence-electron chi connectivity index (χ0n) is 27.0. The maximum atomic E-state index is 6.43. The van der Waals surface area contributed by atoms with Crippen LogP contribution in [-0.2, 0) is 0 Å². The van der Waals surface area contributed by atoms with Crippen LogP contribution in [0.4, 0.5) is 0 Å². The van der Waals surface area contributed by atoms with Gasteiger partial charge in [0.2, 0.25) is 0 Å². The summed E-state index contributed by atoms with van der Waals surface area (Å²) < 4.78 is 13.7. The number of benzene rings is 7. The normalized spacial score (nSPS) is 11.6. The maximum absolute atomic E-state index is 6.43. The molecule has 10 aromatic rings. The molecule has 7 aromatic carbocycles. The Labute approximate surface area is 301 Å². The van der Waals surface area contributed by atoms with Crippen LogP contribution in [0, 0.1) is 0 Å². The first-order valence-corrected chi connectivity index (χ1v) is 17.5. The summed E-state index contributed by atoms with van der Waals surface area (Å²) in [5, 5.41) is 4.06. The number of hydrogen-bond donors (Lipinski definition) is 0. The van der Waals surface area contributed by atoms with Crippen LogP contribution in [0.1, 0.15) is 0 Å². The van der Waals surface area contributed by atoms with E-state index in [1.54, 1.807) is 0 Å². The molecule has 5 nitrogen and oxygen atoms in total. The molecule has 0 aliphatic carbocycles. The smallest absolute Gasteiger partial charge is 0.167 e. The van der Waals surface area contributed by atoms with Gasteiger partial charge in [0.05, 0.1) is 5.56 Å². The lowest BCUT2D eigenvalue weighted by molar-refractivity contribution is 0.668. The fraction of sp³-hybridized carbons (Fsp3) is 0. The zero-order chi connectivity index (χ0) is 33.9. The van der Waals surface area contributed by atoms with Crippen LogP contribution in [-0.4, -0.2) is 15.0 Å². The summed E-state index contributed by atoms with van der Waals surface area (Å²) in [6, 6.07) is 53.7. The lowest BCUT2D eigenvalue weighted by Gasteiger charge is -2.10. The molecule has 0 N–H and O–H groups in total. The van der Waals surface area contributed by atoms with Crippen LogP contribution in [0.2, 0.25) is 0 Å². The van der Waals surface area contributed by atoms with E-state index in [1.165, 1.54) is 11.1 Å². The molecule has 0 aliphatic rings. The molecule has 240 valence electrons. The van der Waals surface area contributed by atoms with Crippen LogP contribution >= 0.6 is 15.9 Å². The van der Waals surface area contributed by atoms with E-state index >= 15 is 0 Å². The quantitative estimate of drug-likeness (QED) is 0.177. The van der Waals surface area contributed by atoms with Crippen molar-refractivity contribution in [2.75, 3.05) is 0 Å². The van der Waals surface area contributed by atoms with Crippen molar-refractivity contribution in [1.29, 1.82) is 0 Å². The zero-order valence-corrected chi connectivity index (χ0v) is 28.6. The molecule has 51 heavy (non-hydrogen) atoms. The topological polar surface area (TPSA) is 65.0 Å². The first-order valence-electron chi connectivity index (χ1n) is 16.7. The van der Waals surface area contributed by atoms with Crippen molar-refractivity contribution in [3.63, 3.8) is 0 Å². The fourth-order valence-corrected chi connectivity index (χ4v) is 7.20.